The highest BCUT2D eigenvalue weighted by atomic mass is 79.9. The Kier molecular flexibility index (Phi) is 5.14. The van der Waals surface area contributed by atoms with Crippen LogP contribution in [0.3, 0.4) is 0 Å². The Balaban J connectivity index is 2.27. The smallest absolute Gasteiger partial charge is 0.225 e. The molecule has 3 nitrogen and oxygen atoms in total. The Morgan fingerprint density at radius 3 is 3.00 bits per heavy atom. The molecule has 1 aromatic rings. The quantitative estimate of drug-likeness (QED) is 0.812. The summed E-state index contributed by atoms with van der Waals surface area (Å²) < 4.78 is 1.01. The maximum atomic E-state index is 11.3. The molecule has 0 atom stereocenters. The summed E-state index contributed by atoms with van der Waals surface area (Å²) in [7, 11) is 1.88. The average molecular weight is 277 g/mol. The molecule has 1 rings (SSSR count). The van der Waals surface area contributed by atoms with Crippen LogP contribution < -0.4 is 10.6 Å². The fraction of sp³-hybridized carbons (Fsp3) is 0.444. The predicted molar refractivity (Wildman–Crippen MR) is 63.8 cm³/mol. The molecule has 1 amide bonds. The second kappa shape index (κ2) is 6.16. The van der Waals surface area contributed by atoms with Crippen LogP contribution in [0.15, 0.2) is 15.9 Å². The lowest BCUT2D eigenvalue weighted by Crippen LogP contribution is -2.14. The molecule has 1 heterocycles. The van der Waals surface area contributed by atoms with Gasteiger partial charge >= 0.3 is 0 Å². The van der Waals surface area contributed by atoms with Gasteiger partial charge in [-0.15, -0.1) is 11.3 Å². The first-order valence-electron chi connectivity index (χ1n) is 4.41. The molecule has 0 aliphatic heterocycles. The fourth-order valence-electron chi connectivity index (χ4n) is 1.00. The highest BCUT2D eigenvalue weighted by molar-refractivity contribution is 9.10. The summed E-state index contributed by atoms with van der Waals surface area (Å²) in [5.74, 6) is 0.0783. The molecule has 2 N–H and O–H groups in total. The van der Waals surface area contributed by atoms with E-state index in [1.165, 1.54) is 11.3 Å². The number of hydrogen-bond acceptors (Lipinski definition) is 3. The third-order valence-electron chi connectivity index (χ3n) is 1.66. The first-order chi connectivity index (χ1) is 6.72. The van der Waals surface area contributed by atoms with Gasteiger partial charge in [0.15, 0.2) is 0 Å². The minimum atomic E-state index is 0.0783. The van der Waals surface area contributed by atoms with Gasteiger partial charge in [0.1, 0.15) is 0 Å². The van der Waals surface area contributed by atoms with Crippen LogP contribution in [-0.2, 0) is 4.79 Å². The van der Waals surface area contributed by atoms with Gasteiger partial charge in [0.05, 0.1) is 5.00 Å². The van der Waals surface area contributed by atoms with E-state index >= 15 is 0 Å². The number of halogens is 1. The van der Waals surface area contributed by atoms with Crippen LogP contribution in [-0.4, -0.2) is 19.5 Å². The van der Waals surface area contributed by atoms with Crippen molar-refractivity contribution in [2.24, 2.45) is 0 Å². The van der Waals surface area contributed by atoms with Gasteiger partial charge in [-0.05, 0) is 42.0 Å². The maximum absolute atomic E-state index is 11.3. The van der Waals surface area contributed by atoms with E-state index in [9.17, 15) is 4.79 Å². The molecule has 14 heavy (non-hydrogen) atoms. The van der Waals surface area contributed by atoms with Crippen molar-refractivity contribution in [3.05, 3.63) is 15.9 Å². The van der Waals surface area contributed by atoms with Crippen molar-refractivity contribution in [2.45, 2.75) is 12.8 Å². The Hall–Kier alpha value is -0.390. The van der Waals surface area contributed by atoms with E-state index in [1.54, 1.807) is 0 Å². The fourth-order valence-corrected chi connectivity index (χ4v) is 2.34. The molecule has 1 aromatic heterocycles. The first kappa shape index (κ1) is 11.7. The van der Waals surface area contributed by atoms with Crippen LogP contribution >= 0.6 is 27.3 Å². The van der Waals surface area contributed by atoms with Gasteiger partial charge in [0.2, 0.25) is 5.91 Å². The lowest BCUT2D eigenvalue weighted by molar-refractivity contribution is -0.116. The van der Waals surface area contributed by atoms with Gasteiger partial charge < -0.3 is 10.6 Å². The number of thiophene rings is 1. The number of nitrogens with one attached hydrogen (secondary N) is 2. The lowest BCUT2D eigenvalue weighted by Gasteiger charge is -2.01. The SMILES string of the molecule is CNCCCC(=O)Nc1cc(Br)cs1. The summed E-state index contributed by atoms with van der Waals surface area (Å²) in [6, 6.07) is 1.90. The topological polar surface area (TPSA) is 41.1 Å². The number of amides is 1. The molecule has 0 aromatic carbocycles. The highest BCUT2D eigenvalue weighted by Gasteiger charge is 2.03. The Labute approximate surface area is 96.0 Å². The zero-order valence-corrected chi connectivity index (χ0v) is 10.4. The second-order valence-electron chi connectivity index (χ2n) is 2.88. The van der Waals surface area contributed by atoms with Gasteiger partial charge in [-0.1, -0.05) is 0 Å². The molecular weight excluding hydrogens is 264 g/mol. The molecule has 0 spiro atoms. The van der Waals surface area contributed by atoms with Crippen molar-refractivity contribution >= 4 is 38.2 Å². The number of carbonyl (C=O) groups excluding carboxylic acids is 1. The molecule has 0 unspecified atom stereocenters. The van der Waals surface area contributed by atoms with Crippen LogP contribution in [0.1, 0.15) is 12.8 Å². The molecular formula is C9H13BrN2OS. The average Bonchev–Trinajstić information content (AvgIpc) is 2.52. The standard InChI is InChI=1S/C9H13BrN2OS/c1-11-4-2-3-8(13)12-9-5-7(10)6-14-9/h5-6,11H,2-4H2,1H3,(H,12,13). The number of anilines is 1. The summed E-state index contributed by atoms with van der Waals surface area (Å²) in [4.78, 5) is 11.3. The van der Waals surface area contributed by atoms with Crippen molar-refractivity contribution in [1.29, 1.82) is 0 Å². The second-order valence-corrected chi connectivity index (χ2v) is 4.71. The van der Waals surface area contributed by atoms with Crippen LogP contribution in [0.2, 0.25) is 0 Å². The molecule has 0 aliphatic rings. The van der Waals surface area contributed by atoms with Crippen molar-refractivity contribution in [3.63, 3.8) is 0 Å². The molecule has 78 valence electrons. The van der Waals surface area contributed by atoms with Gasteiger partial charge in [-0.2, -0.15) is 0 Å². The molecule has 0 bridgehead atoms. The van der Waals surface area contributed by atoms with Gasteiger partial charge in [-0.3, -0.25) is 4.79 Å². The Morgan fingerprint density at radius 2 is 2.43 bits per heavy atom. The lowest BCUT2D eigenvalue weighted by atomic mass is 10.3. The van der Waals surface area contributed by atoms with E-state index in [0.29, 0.717) is 6.42 Å². The van der Waals surface area contributed by atoms with Crippen LogP contribution in [0.4, 0.5) is 5.00 Å². The van der Waals surface area contributed by atoms with E-state index < -0.39 is 0 Å². The van der Waals surface area contributed by atoms with Crippen molar-refractivity contribution in [3.8, 4) is 0 Å². The largest absolute Gasteiger partial charge is 0.320 e. The Morgan fingerprint density at radius 1 is 1.64 bits per heavy atom. The molecule has 0 fully saturated rings. The number of carbonyl (C=O) groups is 1. The van der Waals surface area contributed by atoms with Crippen LogP contribution in [0.5, 0.6) is 0 Å². The zero-order valence-electron chi connectivity index (χ0n) is 7.97. The van der Waals surface area contributed by atoms with Crippen molar-refractivity contribution in [2.75, 3.05) is 18.9 Å². The molecule has 0 saturated carbocycles. The van der Waals surface area contributed by atoms with E-state index in [0.717, 1.165) is 22.4 Å². The number of rotatable bonds is 5. The van der Waals surface area contributed by atoms with Gasteiger partial charge in [0, 0.05) is 16.3 Å². The van der Waals surface area contributed by atoms with Crippen LogP contribution in [0, 0.1) is 0 Å². The van der Waals surface area contributed by atoms with E-state index in [2.05, 4.69) is 26.6 Å². The van der Waals surface area contributed by atoms with E-state index in [1.807, 2.05) is 18.5 Å². The van der Waals surface area contributed by atoms with Gasteiger partial charge in [0.25, 0.3) is 0 Å². The summed E-state index contributed by atoms with van der Waals surface area (Å²) in [6.45, 7) is 0.877. The van der Waals surface area contributed by atoms with Gasteiger partial charge in [-0.25, -0.2) is 0 Å². The Bertz CT molecular complexity index is 301. The molecule has 0 aliphatic carbocycles. The molecule has 5 heteroatoms. The third kappa shape index (κ3) is 4.21. The summed E-state index contributed by atoms with van der Waals surface area (Å²) in [5.41, 5.74) is 0. The highest BCUT2D eigenvalue weighted by Crippen LogP contribution is 2.24. The predicted octanol–water partition coefficient (Wildman–Crippen LogP) is 2.45. The monoisotopic (exact) mass is 276 g/mol. The van der Waals surface area contributed by atoms with Crippen molar-refractivity contribution < 1.29 is 4.79 Å². The molecule has 0 radical (unpaired) electrons. The van der Waals surface area contributed by atoms with Crippen molar-refractivity contribution in [1.82, 2.24) is 5.32 Å². The third-order valence-corrected chi connectivity index (χ3v) is 3.27. The van der Waals surface area contributed by atoms with Crippen LogP contribution in [0.25, 0.3) is 0 Å². The summed E-state index contributed by atoms with van der Waals surface area (Å²) in [5, 5.41) is 8.69. The maximum Gasteiger partial charge on any atom is 0.225 e. The first-order valence-corrected chi connectivity index (χ1v) is 6.08. The zero-order chi connectivity index (χ0) is 10.4. The minimum absolute atomic E-state index is 0.0783. The normalized spacial score (nSPS) is 10.1. The van der Waals surface area contributed by atoms with E-state index in [4.69, 9.17) is 0 Å². The summed E-state index contributed by atoms with van der Waals surface area (Å²) in [6.07, 6.45) is 1.44. The minimum Gasteiger partial charge on any atom is -0.320 e. The van der Waals surface area contributed by atoms with E-state index in [-0.39, 0.29) is 5.91 Å². The number of hydrogen-bond donors (Lipinski definition) is 2. The summed E-state index contributed by atoms with van der Waals surface area (Å²) >= 11 is 4.86. The molecule has 0 saturated heterocycles.